The number of carbonyl (C=O) groups is 3. The van der Waals surface area contributed by atoms with Crippen LogP contribution in [0.4, 0.5) is 10.5 Å². The van der Waals surface area contributed by atoms with Crippen LogP contribution in [0.15, 0.2) is 42.5 Å². The fourth-order valence-electron chi connectivity index (χ4n) is 3.50. The average Bonchev–Trinajstić information content (AvgIpc) is 3.55. The summed E-state index contributed by atoms with van der Waals surface area (Å²) in [6.45, 7) is 2.29. The number of benzene rings is 2. The van der Waals surface area contributed by atoms with E-state index >= 15 is 0 Å². The minimum Gasteiger partial charge on any atom is -0.461 e. The van der Waals surface area contributed by atoms with E-state index in [0.717, 1.165) is 18.4 Å². The Morgan fingerprint density at radius 2 is 1.89 bits per heavy atom. The van der Waals surface area contributed by atoms with Crippen LogP contribution in [0.3, 0.4) is 0 Å². The number of esters is 1. The minimum atomic E-state index is -0.564. The zero-order chi connectivity index (χ0) is 24.9. The van der Waals surface area contributed by atoms with E-state index in [0.29, 0.717) is 44.8 Å². The van der Waals surface area contributed by atoms with Gasteiger partial charge in [0.15, 0.2) is 0 Å². The van der Waals surface area contributed by atoms with Crippen LogP contribution in [0.5, 0.6) is 0 Å². The van der Waals surface area contributed by atoms with Gasteiger partial charge in [0.1, 0.15) is 5.69 Å². The number of halogens is 2. The molecule has 4 rings (SSSR count). The van der Waals surface area contributed by atoms with E-state index in [9.17, 15) is 14.4 Å². The van der Waals surface area contributed by atoms with Gasteiger partial charge in [-0.1, -0.05) is 35.3 Å². The molecule has 1 aliphatic rings. The Hall–Kier alpha value is -3.49. The monoisotopic (exact) mass is 514 g/mol. The lowest BCUT2D eigenvalue weighted by molar-refractivity contribution is -0.111. The van der Waals surface area contributed by atoms with Gasteiger partial charge in [0, 0.05) is 45.8 Å². The molecule has 8 nitrogen and oxygen atoms in total. The van der Waals surface area contributed by atoms with E-state index < -0.39 is 11.9 Å². The maximum atomic E-state index is 12.6. The molecule has 1 aromatic heterocycles. The maximum absolute atomic E-state index is 12.6. The van der Waals surface area contributed by atoms with Gasteiger partial charge in [0.25, 0.3) is 0 Å². The standard InChI is InChI=1S/C25H24Cl2N4O4/c1-2-35-24(33)23-18(22-19(27)11-15(26)12-20(22)31-23)9-10-21(32)29-16-5-3-14(4-6-16)13-28-25(34)30-17-7-8-17/h3-6,9-12,17,31H,2,7-8,13H2,1H3,(H,29,32)(H2,28,30,34)/b10-9+. The molecular formula is C25H24Cl2N4O4. The molecule has 0 spiro atoms. The van der Waals surface area contributed by atoms with E-state index in [4.69, 9.17) is 27.9 Å². The SMILES string of the molecule is CCOC(=O)c1[nH]c2cc(Cl)cc(Cl)c2c1/C=C/C(=O)Nc1ccc(CNC(=O)NC2CC2)cc1. The highest BCUT2D eigenvalue weighted by Gasteiger charge is 2.23. The van der Waals surface area contributed by atoms with Crippen molar-refractivity contribution in [3.05, 3.63) is 69.3 Å². The lowest BCUT2D eigenvalue weighted by atomic mass is 10.1. The number of urea groups is 1. The fourth-order valence-corrected chi connectivity index (χ4v) is 4.09. The maximum Gasteiger partial charge on any atom is 0.355 e. The average molecular weight is 515 g/mol. The van der Waals surface area contributed by atoms with Crippen molar-refractivity contribution in [3.8, 4) is 0 Å². The first-order valence-corrected chi connectivity index (χ1v) is 11.9. The van der Waals surface area contributed by atoms with Crippen LogP contribution in [0.25, 0.3) is 17.0 Å². The first-order valence-electron chi connectivity index (χ1n) is 11.1. The molecule has 182 valence electrons. The Morgan fingerprint density at radius 3 is 2.57 bits per heavy atom. The summed E-state index contributed by atoms with van der Waals surface area (Å²) >= 11 is 12.5. The molecule has 1 fully saturated rings. The van der Waals surface area contributed by atoms with Crippen molar-refractivity contribution < 1.29 is 19.1 Å². The van der Waals surface area contributed by atoms with Gasteiger partial charge in [-0.2, -0.15) is 0 Å². The predicted octanol–water partition coefficient (Wildman–Crippen LogP) is 5.26. The number of hydrogen-bond donors (Lipinski definition) is 4. The third kappa shape index (κ3) is 6.35. The van der Waals surface area contributed by atoms with Crippen molar-refractivity contribution in [1.82, 2.24) is 15.6 Å². The van der Waals surface area contributed by atoms with Gasteiger partial charge in [-0.25, -0.2) is 9.59 Å². The molecule has 1 saturated carbocycles. The number of hydrogen-bond acceptors (Lipinski definition) is 4. The highest BCUT2D eigenvalue weighted by molar-refractivity contribution is 6.39. The molecule has 0 unspecified atom stereocenters. The summed E-state index contributed by atoms with van der Waals surface area (Å²) < 4.78 is 5.13. The van der Waals surface area contributed by atoms with E-state index in [1.165, 1.54) is 12.2 Å². The van der Waals surface area contributed by atoms with Gasteiger partial charge in [-0.05, 0) is 55.7 Å². The Morgan fingerprint density at radius 1 is 1.14 bits per heavy atom. The summed E-state index contributed by atoms with van der Waals surface area (Å²) in [6.07, 6.45) is 4.88. The Bertz CT molecular complexity index is 1300. The number of ether oxygens (including phenoxy) is 1. The van der Waals surface area contributed by atoms with Crippen LogP contribution in [0, 0.1) is 0 Å². The third-order valence-corrected chi connectivity index (χ3v) is 5.84. The summed E-state index contributed by atoms with van der Waals surface area (Å²) in [4.78, 5) is 39.7. The summed E-state index contributed by atoms with van der Waals surface area (Å²) in [6, 6.07) is 10.5. The van der Waals surface area contributed by atoms with Crippen LogP contribution in [-0.2, 0) is 16.1 Å². The van der Waals surface area contributed by atoms with Crippen LogP contribution < -0.4 is 16.0 Å². The zero-order valence-corrected chi connectivity index (χ0v) is 20.4. The van der Waals surface area contributed by atoms with E-state index in [1.807, 2.05) is 12.1 Å². The quantitative estimate of drug-likeness (QED) is 0.242. The second-order valence-electron chi connectivity index (χ2n) is 8.07. The first-order chi connectivity index (χ1) is 16.8. The van der Waals surface area contributed by atoms with Crippen LogP contribution >= 0.6 is 23.2 Å². The molecule has 0 atom stereocenters. The molecule has 0 aliphatic heterocycles. The molecule has 3 aromatic rings. The van der Waals surface area contributed by atoms with Gasteiger partial charge in [-0.3, -0.25) is 4.79 Å². The number of H-pyrrole nitrogens is 1. The van der Waals surface area contributed by atoms with Gasteiger partial charge < -0.3 is 25.7 Å². The van der Waals surface area contributed by atoms with Crippen LogP contribution in [0.1, 0.15) is 41.4 Å². The third-order valence-electron chi connectivity index (χ3n) is 5.32. The van der Waals surface area contributed by atoms with Crippen molar-refractivity contribution in [2.24, 2.45) is 0 Å². The number of fused-ring (bicyclic) bond motifs is 1. The predicted molar refractivity (Wildman–Crippen MR) is 137 cm³/mol. The lowest BCUT2D eigenvalue weighted by Gasteiger charge is -2.08. The van der Waals surface area contributed by atoms with Gasteiger partial charge in [-0.15, -0.1) is 0 Å². The van der Waals surface area contributed by atoms with E-state index in [1.54, 1.807) is 31.2 Å². The summed E-state index contributed by atoms with van der Waals surface area (Å²) in [5, 5.41) is 9.75. The molecule has 3 amide bonds. The molecular weight excluding hydrogens is 491 g/mol. The molecule has 2 aromatic carbocycles. The summed E-state index contributed by atoms with van der Waals surface area (Å²) in [5.41, 5.74) is 2.65. The highest BCUT2D eigenvalue weighted by atomic mass is 35.5. The minimum absolute atomic E-state index is 0.178. The van der Waals surface area contributed by atoms with Crippen LogP contribution in [-0.4, -0.2) is 35.5 Å². The first kappa shape index (κ1) is 24.6. The molecule has 10 heteroatoms. The molecule has 1 heterocycles. The van der Waals surface area contributed by atoms with Crippen molar-refractivity contribution in [3.63, 3.8) is 0 Å². The Labute approximate surface area is 212 Å². The van der Waals surface area contributed by atoms with Crippen molar-refractivity contribution >= 4 is 63.8 Å². The lowest BCUT2D eigenvalue weighted by Crippen LogP contribution is -2.36. The van der Waals surface area contributed by atoms with E-state index in [2.05, 4.69) is 20.9 Å². The number of nitrogens with one attached hydrogen (secondary N) is 4. The Balaban J connectivity index is 1.44. The number of aromatic amines is 1. The van der Waals surface area contributed by atoms with Crippen molar-refractivity contribution in [2.75, 3.05) is 11.9 Å². The number of aromatic nitrogens is 1. The number of carbonyl (C=O) groups excluding carboxylic acids is 3. The van der Waals surface area contributed by atoms with Crippen molar-refractivity contribution in [2.45, 2.75) is 32.4 Å². The zero-order valence-electron chi connectivity index (χ0n) is 18.9. The normalized spacial score (nSPS) is 13.1. The smallest absolute Gasteiger partial charge is 0.355 e. The van der Waals surface area contributed by atoms with Crippen LogP contribution in [0.2, 0.25) is 10.0 Å². The number of anilines is 1. The largest absolute Gasteiger partial charge is 0.461 e. The Kier molecular flexibility index (Phi) is 7.63. The molecule has 1 aliphatic carbocycles. The molecule has 0 saturated heterocycles. The van der Waals surface area contributed by atoms with E-state index in [-0.39, 0.29) is 18.3 Å². The second-order valence-corrected chi connectivity index (χ2v) is 8.91. The van der Waals surface area contributed by atoms with Crippen molar-refractivity contribution in [1.29, 1.82) is 0 Å². The molecule has 0 radical (unpaired) electrons. The number of amides is 3. The topological polar surface area (TPSA) is 112 Å². The van der Waals surface area contributed by atoms with Gasteiger partial charge in [0.2, 0.25) is 5.91 Å². The second kappa shape index (κ2) is 10.8. The highest BCUT2D eigenvalue weighted by Crippen LogP contribution is 2.33. The fraction of sp³-hybridized carbons (Fsp3) is 0.240. The molecule has 0 bridgehead atoms. The number of rotatable bonds is 8. The molecule has 4 N–H and O–H groups in total. The van der Waals surface area contributed by atoms with Gasteiger partial charge >= 0.3 is 12.0 Å². The van der Waals surface area contributed by atoms with Gasteiger partial charge in [0.05, 0.1) is 11.6 Å². The molecule has 35 heavy (non-hydrogen) atoms. The summed E-state index contributed by atoms with van der Waals surface area (Å²) in [7, 11) is 0. The summed E-state index contributed by atoms with van der Waals surface area (Å²) in [5.74, 6) is -0.958.